The van der Waals surface area contributed by atoms with Crippen LogP contribution >= 0.6 is 0 Å². The van der Waals surface area contributed by atoms with Gasteiger partial charge >= 0.3 is 0 Å². The third-order valence-electron chi connectivity index (χ3n) is 3.97. The highest BCUT2D eigenvalue weighted by Gasteiger charge is 2.20. The molecule has 134 valence electrons. The van der Waals surface area contributed by atoms with E-state index in [-0.39, 0.29) is 4.90 Å². The van der Waals surface area contributed by atoms with Gasteiger partial charge in [0, 0.05) is 23.5 Å². The lowest BCUT2D eigenvalue weighted by atomic mass is 10.1. The highest BCUT2D eigenvalue weighted by Crippen LogP contribution is 2.25. The lowest BCUT2D eigenvalue weighted by Crippen LogP contribution is -2.13. The summed E-state index contributed by atoms with van der Waals surface area (Å²) in [4.78, 5) is 4.33. The van der Waals surface area contributed by atoms with Gasteiger partial charge in [-0.3, -0.25) is 4.98 Å². The molecule has 0 spiro atoms. The van der Waals surface area contributed by atoms with Crippen LogP contribution in [-0.2, 0) is 10.0 Å². The molecular weight excluding hydrogens is 346 g/mol. The summed E-state index contributed by atoms with van der Waals surface area (Å²) in [7, 11) is -3.73. The molecular formula is C20H21N3O2S. The smallest absolute Gasteiger partial charge is 0.264 e. The van der Waals surface area contributed by atoms with Crippen molar-refractivity contribution in [2.24, 2.45) is 0 Å². The first-order chi connectivity index (χ1) is 12.6. The van der Waals surface area contributed by atoms with Crippen molar-refractivity contribution in [1.29, 1.82) is 0 Å². The van der Waals surface area contributed by atoms with Crippen LogP contribution in [0.1, 0.15) is 31.7 Å². The molecule has 3 rings (SSSR count). The van der Waals surface area contributed by atoms with Crippen LogP contribution < -0.4 is 0 Å². The Balaban J connectivity index is 2.05. The minimum atomic E-state index is -3.73. The van der Waals surface area contributed by atoms with Gasteiger partial charge in [0.15, 0.2) is 0 Å². The molecule has 1 aromatic carbocycles. The van der Waals surface area contributed by atoms with E-state index in [1.54, 1.807) is 48.9 Å². The Hall–Kier alpha value is -2.73. The molecule has 0 N–H and O–H groups in total. The Kier molecular flexibility index (Phi) is 5.63. The second-order valence-electron chi connectivity index (χ2n) is 5.91. The summed E-state index contributed by atoms with van der Waals surface area (Å²) in [6.07, 6.45) is 12.1. The van der Waals surface area contributed by atoms with Crippen LogP contribution in [0.15, 0.2) is 72.0 Å². The van der Waals surface area contributed by atoms with E-state index in [0.717, 1.165) is 34.5 Å². The van der Waals surface area contributed by atoms with E-state index in [0.29, 0.717) is 5.69 Å². The molecule has 0 aliphatic heterocycles. The fourth-order valence-corrected chi connectivity index (χ4v) is 3.73. The van der Waals surface area contributed by atoms with Crippen LogP contribution in [-0.4, -0.2) is 22.6 Å². The van der Waals surface area contributed by atoms with Gasteiger partial charge in [0.1, 0.15) is 5.69 Å². The molecule has 0 aliphatic rings. The lowest BCUT2D eigenvalue weighted by Gasteiger charge is -2.03. The van der Waals surface area contributed by atoms with Crippen molar-refractivity contribution in [3.05, 3.63) is 72.7 Å². The van der Waals surface area contributed by atoms with Gasteiger partial charge in [0.25, 0.3) is 10.0 Å². The van der Waals surface area contributed by atoms with Crippen LogP contribution in [0.5, 0.6) is 0 Å². The molecule has 2 heterocycles. The quantitative estimate of drug-likeness (QED) is 0.581. The summed E-state index contributed by atoms with van der Waals surface area (Å²) in [5, 5.41) is 4.36. The molecule has 0 amide bonds. The van der Waals surface area contributed by atoms with Crippen LogP contribution in [0.3, 0.4) is 0 Å². The second kappa shape index (κ2) is 8.10. The van der Waals surface area contributed by atoms with Gasteiger partial charge in [-0.25, -0.2) is 0 Å². The maximum atomic E-state index is 12.9. The predicted octanol–water partition coefficient (Wildman–Crippen LogP) is 4.39. The summed E-state index contributed by atoms with van der Waals surface area (Å²) in [6, 6.07) is 12.0. The van der Waals surface area contributed by atoms with E-state index in [1.807, 2.05) is 18.2 Å². The fourth-order valence-electron chi connectivity index (χ4n) is 2.57. The van der Waals surface area contributed by atoms with E-state index in [4.69, 9.17) is 0 Å². The number of nitrogens with zero attached hydrogens (tertiary/aromatic N) is 3. The van der Waals surface area contributed by atoms with E-state index in [1.165, 1.54) is 0 Å². The van der Waals surface area contributed by atoms with Crippen molar-refractivity contribution < 1.29 is 8.42 Å². The van der Waals surface area contributed by atoms with Gasteiger partial charge in [-0.05, 0) is 30.7 Å². The van der Waals surface area contributed by atoms with Crippen molar-refractivity contribution in [2.75, 3.05) is 0 Å². The first-order valence-electron chi connectivity index (χ1n) is 8.60. The van der Waals surface area contributed by atoms with Crippen LogP contribution in [0, 0.1) is 0 Å². The number of rotatable bonds is 7. The Labute approximate surface area is 154 Å². The highest BCUT2D eigenvalue weighted by molar-refractivity contribution is 7.89. The minimum Gasteiger partial charge on any atom is -0.264 e. The zero-order chi connectivity index (χ0) is 18.4. The number of allylic oxidation sites excluding steroid dienone is 1. The first kappa shape index (κ1) is 18.1. The van der Waals surface area contributed by atoms with Crippen LogP contribution in [0.4, 0.5) is 0 Å². The Bertz CT molecular complexity index is 978. The molecule has 5 nitrogen and oxygen atoms in total. The Morgan fingerprint density at radius 2 is 1.92 bits per heavy atom. The summed E-state index contributed by atoms with van der Waals surface area (Å²) in [5.41, 5.74) is 2.14. The number of hydrogen-bond donors (Lipinski definition) is 0. The van der Waals surface area contributed by atoms with Gasteiger partial charge in [-0.1, -0.05) is 50.1 Å². The number of pyridine rings is 1. The molecule has 2 aromatic heterocycles. The van der Waals surface area contributed by atoms with Gasteiger partial charge in [-0.15, -0.1) is 0 Å². The number of aromatic nitrogens is 3. The average Bonchev–Trinajstić information content (AvgIpc) is 3.12. The predicted molar refractivity (Wildman–Crippen MR) is 103 cm³/mol. The Morgan fingerprint density at radius 3 is 2.62 bits per heavy atom. The molecule has 0 fully saturated rings. The zero-order valence-electron chi connectivity index (χ0n) is 14.6. The molecule has 0 aliphatic carbocycles. The third kappa shape index (κ3) is 3.91. The van der Waals surface area contributed by atoms with E-state index in [9.17, 15) is 8.42 Å². The van der Waals surface area contributed by atoms with Crippen molar-refractivity contribution in [3.63, 3.8) is 0 Å². The van der Waals surface area contributed by atoms with Crippen molar-refractivity contribution >= 4 is 16.1 Å². The summed E-state index contributed by atoms with van der Waals surface area (Å²) >= 11 is 0. The van der Waals surface area contributed by atoms with Crippen molar-refractivity contribution in [2.45, 2.75) is 31.1 Å². The molecule has 3 aromatic rings. The molecule has 0 radical (unpaired) electrons. The van der Waals surface area contributed by atoms with Crippen LogP contribution in [0.2, 0.25) is 0 Å². The van der Waals surface area contributed by atoms with Gasteiger partial charge < -0.3 is 0 Å². The third-order valence-corrected chi connectivity index (χ3v) is 5.51. The molecule has 0 saturated heterocycles. The number of hydrogen-bond acceptors (Lipinski definition) is 4. The van der Waals surface area contributed by atoms with Crippen molar-refractivity contribution in [1.82, 2.24) is 14.2 Å². The fraction of sp³-hybridized carbons (Fsp3) is 0.200. The average molecular weight is 367 g/mol. The van der Waals surface area contributed by atoms with E-state index < -0.39 is 10.0 Å². The zero-order valence-corrected chi connectivity index (χ0v) is 15.4. The normalized spacial score (nSPS) is 11.9. The monoisotopic (exact) mass is 367 g/mol. The molecule has 0 atom stereocenters. The largest absolute Gasteiger partial charge is 0.282 e. The molecule has 0 bridgehead atoms. The number of unbranched alkanes of at least 4 members (excludes halogenated alkanes) is 2. The SMILES string of the molecule is CCCCC=Cc1cn(S(=O)(=O)c2ccccc2)nc1-c1cccnc1. The summed E-state index contributed by atoms with van der Waals surface area (Å²) in [5.74, 6) is 0. The van der Waals surface area contributed by atoms with Gasteiger partial charge in [0.2, 0.25) is 0 Å². The first-order valence-corrected chi connectivity index (χ1v) is 10.0. The molecule has 0 saturated carbocycles. The van der Waals surface area contributed by atoms with E-state index in [2.05, 4.69) is 23.1 Å². The van der Waals surface area contributed by atoms with E-state index >= 15 is 0 Å². The molecule has 0 unspecified atom stereocenters. The summed E-state index contributed by atoms with van der Waals surface area (Å²) < 4.78 is 26.8. The second-order valence-corrected chi connectivity index (χ2v) is 7.71. The molecule has 6 heteroatoms. The maximum Gasteiger partial charge on any atom is 0.282 e. The van der Waals surface area contributed by atoms with Crippen molar-refractivity contribution in [3.8, 4) is 11.3 Å². The number of benzene rings is 1. The van der Waals surface area contributed by atoms with Gasteiger partial charge in [0.05, 0.1) is 11.1 Å². The highest BCUT2D eigenvalue weighted by atomic mass is 32.2. The Morgan fingerprint density at radius 1 is 1.12 bits per heavy atom. The summed E-state index contributed by atoms with van der Waals surface area (Å²) in [6.45, 7) is 2.14. The topological polar surface area (TPSA) is 64.8 Å². The maximum absolute atomic E-state index is 12.9. The lowest BCUT2D eigenvalue weighted by molar-refractivity contribution is 0.580. The standard InChI is InChI=1S/C20H21N3O2S/c1-2-3-4-6-10-18-16-23(22-20(18)17-11-9-14-21-15-17)26(24,25)19-12-7-5-8-13-19/h5-16H,2-4H2,1H3. The van der Waals surface area contributed by atoms with Crippen LogP contribution in [0.25, 0.3) is 17.3 Å². The minimum absolute atomic E-state index is 0.210. The molecule has 26 heavy (non-hydrogen) atoms. The van der Waals surface area contributed by atoms with Gasteiger partial charge in [-0.2, -0.15) is 17.6 Å².